The van der Waals surface area contributed by atoms with Crippen molar-refractivity contribution in [2.24, 2.45) is 0 Å². The van der Waals surface area contributed by atoms with Crippen molar-refractivity contribution < 1.29 is 18.1 Å². The first kappa shape index (κ1) is 15.7. The van der Waals surface area contributed by atoms with E-state index in [1.807, 2.05) is 33.8 Å². The second-order valence-electron chi connectivity index (χ2n) is 7.11. The number of benzene rings is 1. The zero-order valence-electron chi connectivity index (χ0n) is 13.5. The molecule has 0 unspecified atom stereocenters. The Bertz CT molecular complexity index is 622. The van der Waals surface area contributed by atoms with Crippen molar-refractivity contribution in [3.63, 3.8) is 0 Å². The van der Waals surface area contributed by atoms with Gasteiger partial charge in [-0.3, -0.25) is 0 Å². The summed E-state index contributed by atoms with van der Waals surface area (Å²) < 4.78 is 38.9. The average Bonchev–Trinajstić information content (AvgIpc) is 2.56. The van der Waals surface area contributed by atoms with E-state index in [4.69, 9.17) is 9.31 Å². The van der Waals surface area contributed by atoms with Gasteiger partial charge in [0, 0.05) is 0 Å². The molecule has 1 aliphatic heterocycles. The molecule has 0 atom stereocenters. The summed E-state index contributed by atoms with van der Waals surface area (Å²) in [6.45, 7) is 8.07. The van der Waals surface area contributed by atoms with E-state index in [0.29, 0.717) is 12.8 Å². The molecular weight excluding hydrogens is 285 g/mol. The lowest BCUT2D eigenvalue weighted by Gasteiger charge is -2.32. The molecule has 3 rings (SSSR count). The molecule has 2 nitrogen and oxygen atoms in total. The second kappa shape index (κ2) is 5.17. The average molecular weight is 306 g/mol. The summed E-state index contributed by atoms with van der Waals surface area (Å²) in [7, 11) is -0.381. The molecule has 1 fully saturated rings. The maximum atomic E-state index is 13.4. The van der Waals surface area contributed by atoms with Crippen molar-refractivity contribution in [2.75, 3.05) is 0 Å². The molecular formula is C17H21BF2O2. The fourth-order valence-corrected chi connectivity index (χ4v) is 2.88. The van der Waals surface area contributed by atoms with Crippen molar-refractivity contribution in [3.8, 4) is 0 Å². The molecule has 1 aromatic carbocycles. The van der Waals surface area contributed by atoms with Gasteiger partial charge in [0.2, 0.25) is 0 Å². The van der Waals surface area contributed by atoms with Crippen LogP contribution in [0, 0.1) is 11.6 Å². The molecule has 0 bridgehead atoms. The third-order valence-corrected chi connectivity index (χ3v) is 5.07. The summed E-state index contributed by atoms with van der Waals surface area (Å²) >= 11 is 0. The van der Waals surface area contributed by atoms with Crippen LogP contribution < -0.4 is 0 Å². The third-order valence-electron chi connectivity index (χ3n) is 5.07. The third kappa shape index (κ3) is 2.61. The normalized spacial score (nSPS) is 23.0. The Morgan fingerprint density at radius 3 is 2.05 bits per heavy atom. The number of rotatable bonds is 1. The number of halogens is 2. The van der Waals surface area contributed by atoms with Gasteiger partial charge in [-0.15, -0.1) is 0 Å². The van der Waals surface area contributed by atoms with Crippen molar-refractivity contribution in [1.82, 2.24) is 0 Å². The SMILES string of the molecule is CC1(C)OB(C2=CCc3cc(F)c(F)cc3CC2)OC1(C)C. The van der Waals surface area contributed by atoms with Gasteiger partial charge in [-0.25, -0.2) is 8.78 Å². The summed E-state index contributed by atoms with van der Waals surface area (Å²) in [6, 6.07) is 2.61. The standard InChI is InChI=1S/C17H21BF2O2/c1-16(2)17(3,4)22-18(21-16)13-7-5-11-9-14(19)15(20)10-12(11)6-8-13/h7,9-10H,5-6,8H2,1-4H3. The fourth-order valence-electron chi connectivity index (χ4n) is 2.88. The lowest BCUT2D eigenvalue weighted by molar-refractivity contribution is 0.00578. The van der Waals surface area contributed by atoms with Crippen LogP contribution in [0.15, 0.2) is 23.7 Å². The van der Waals surface area contributed by atoms with Gasteiger partial charge in [-0.1, -0.05) is 6.08 Å². The molecule has 0 N–H and O–H groups in total. The quantitative estimate of drug-likeness (QED) is 0.730. The van der Waals surface area contributed by atoms with E-state index in [9.17, 15) is 8.78 Å². The first-order chi connectivity index (χ1) is 10.2. The molecule has 1 aliphatic carbocycles. The second-order valence-corrected chi connectivity index (χ2v) is 7.11. The molecule has 0 aromatic heterocycles. The van der Waals surface area contributed by atoms with E-state index in [1.54, 1.807) is 0 Å². The largest absolute Gasteiger partial charge is 0.490 e. The number of allylic oxidation sites excluding steroid dienone is 2. The lowest BCUT2D eigenvalue weighted by atomic mass is 9.75. The van der Waals surface area contributed by atoms with Crippen molar-refractivity contribution >= 4 is 7.12 Å². The highest BCUT2D eigenvalue weighted by Crippen LogP contribution is 2.39. The topological polar surface area (TPSA) is 18.5 Å². The van der Waals surface area contributed by atoms with E-state index < -0.39 is 11.6 Å². The molecule has 0 saturated carbocycles. The van der Waals surface area contributed by atoms with Crippen LogP contribution >= 0.6 is 0 Å². The zero-order chi connectivity index (χ0) is 16.1. The molecule has 1 heterocycles. The number of aryl methyl sites for hydroxylation is 1. The summed E-state index contributed by atoms with van der Waals surface area (Å²) in [4.78, 5) is 0. The monoisotopic (exact) mass is 306 g/mol. The Morgan fingerprint density at radius 2 is 1.45 bits per heavy atom. The van der Waals surface area contributed by atoms with E-state index >= 15 is 0 Å². The van der Waals surface area contributed by atoms with Crippen molar-refractivity contribution in [2.45, 2.75) is 58.2 Å². The highest BCUT2D eigenvalue weighted by molar-refractivity contribution is 6.54. The van der Waals surface area contributed by atoms with E-state index in [0.717, 1.165) is 23.0 Å². The van der Waals surface area contributed by atoms with Crippen LogP contribution in [0.3, 0.4) is 0 Å². The molecule has 1 aromatic rings. The van der Waals surface area contributed by atoms with E-state index in [-0.39, 0.29) is 18.3 Å². The highest BCUT2D eigenvalue weighted by atomic mass is 19.2. The first-order valence-electron chi connectivity index (χ1n) is 7.71. The van der Waals surface area contributed by atoms with Gasteiger partial charge in [0.15, 0.2) is 11.6 Å². The van der Waals surface area contributed by atoms with Crippen molar-refractivity contribution in [3.05, 3.63) is 46.4 Å². The minimum atomic E-state index is -0.786. The Hall–Kier alpha value is -1.20. The zero-order valence-corrected chi connectivity index (χ0v) is 13.5. The number of hydrogen-bond donors (Lipinski definition) is 0. The lowest BCUT2D eigenvalue weighted by Crippen LogP contribution is -2.41. The highest BCUT2D eigenvalue weighted by Gasteiger charge is 2.52. The maximum absolute atomic E-state index is 13.4. The molecule has 0 spiro atoms. The van der Waals surface area contributed by atoms with Crippen LogP contribution in [0.25, 0.3) is 0 Å². The molecule has 1 saturated heterocycles. The summed E-state index contributed by atoms with van der Waals surface area (Å²) in [5, 5.41) is 0. The van der Waals surface area contributed by atoms with Gasteiger partial charge in [0.25, 0.3) is 0 Å². The molecule has 22 heavy (non-hydrogen) atoms. The summed E-state index contributed by atoms with van der Waals surface area (Å²) in [5.41, 5.74) is 1.99. The molecule has 5 heteroatoms. The molecule has 2 aliphatic rings. The number of fused-ring (bicyclic) bond motifs is 1. The Balaban J connectivity index is 1.82. The van der Waals surface area contributed by atoms with Gasteiger partial charge in [0.1, 0.15) is 0 Å². The van der Waals surface area contributed by atoms with Crippen LogP contribution in [0.2, 0.25) is 0 Å². The van der Waals surface area contributed by atoms with Gasteiger partial charge in [-0.2, -0.15) is 0 Å². The predicted octanol–water partition coefficient (Wildman–Crippen LogP) is 4.01. The molecule has 118 valence electrons. The minimum absolute atomic E-state index is 0.379. The first-order valence-corrected chi connectivity index (χ1v) is 7.71. The van der Waals surface area contributed by atoms with Crippen LogP contribution in [0.5, 0.6) is 0 Å². The number of hydrogen-bond acceptors (Lipinski definition) is 2. The van der Waals surface area contributed by atoms with Gasteiger partial charge >= 0.3 is 7.12 Å². The summed E-state index contributed by atoms with van der Waals surface area (Å²) in [6.07, 6.45) is 4.01. The van der Waals surface area contributed by atoms with Gasteiger partial charge in [-0.05, 0) is 75.7 Å². The van der Waals surface area contributed by atoms with Crippen LogP contribution in [0.1, 0.15) is 45.2 Å². The Morgan fingerprint density at radius 1 is 0.909 bits per heavy atom. The molecule has 0 amide bonds. The van der Waals surface area contributed by atoms with Gasteiger partial charge < -0.3 is 9.31 Å². The van der Waals surface area contributed by atoms with E-state index in [1.165, 1.54) is 12.1 Å². The fraction of sp³-hybridized carbons (Fsp3) is 0.529. The van der Waals surface area contributed by atoms with Crippen LogP contribution in [-0.4, -0.2) is 18.3 Å². The van der Waals surface area contributed by atoms with E-state index in [2.05, 4.69) is 0 Å². The summed E-state index contributed by atoms with van der Waals surface area (Å²) in [5.74, 6) is -1.57. The van der Waals surface area contributed by atoms with Gasteiger partial charge in [0.05, 0.1) is 11.2 Å². The maximum Gasteiger partial charge on any atom is 0.490 e. The van der Waals surface area contributed by atoms with Crippen molar-refractivity contribution in [1.29, 1.82) is 0 Å². The Labute approximate surface area is 130 Å². The molecule has 0 radical (unpaired) electrons. The predicted molar refractivity (Wildman–Crippen MR) is 82.5 cm³/mol. The smallest absolute Gasteiger partial charge is 0.400 e. The Kier molecular flexibility index (Phi) is 3.69. The van der Waals surface area contributed by atoms with Crippen LogP contribution in [0.4, 0.5) is 8.78 Å². The minimum Gasteiger partial charge on any atom is -0.400 e. The van der Waals surface area contributed by atoms with Crippen LogP contribution in [-0.2, 0) is 22.2 Å².